The van der Waals surface area contributed by atoms with E-state index in [1.54, 1.807) is 0 Å². The third-order valence-electron chi connectivity index (χ3n) is 3.17. The molecule has 0 spiro atoms. The molecule has 2 aliphatic rings. The summed E-state index contributed by atoms with van der Waals surface area (Å²) in [5.74, 6) is 0. The molecule has 17 heavy (non-hydrogen) atoms. The number of nitrogens with zero attached hydrogens (tertiary/aromatic N) is 1. The SMILES string of the molecule is CC1=CC2=CC(C)N(c3ccccc3)C2=C1.[Li]. The average molecular weight is 216 g/mol. The Bertz CT molecular complexity index is 511. The van der Waals surface area contributed by atoms with Gasteiger partial charge < -0.3 is 4.90 Å². The molecule has 1 aromatic carbocycles. The van der Waals surface area contributed by atoms with Crippen LogP contribution in [0.1, 0.15) is 13.8 Å². The zero-order chi connectivity index (χ0) is 11.1. The van der Waals surface area contributed by atoms with Gasteiger partial charge in [0.15, 0.2) is 0 Å². The van der Waals surface area contributed by atoms with Crippen LogP contribution in [-0.2, 0) is 0 Å². The minimum atomic E-state index is 0. The number of rotatable bonds is 1. The first-order valence-corrected chi connectivity index (χ1v) is 5.72. The van der Waals surface area contributed by atoms with Crippen molar-refractivity contribution in [2.24, 2.45) is 0 Å². The Balaban J connectivity index is 0.00000108. The number of benzene rings is 1. The maximum atomic E-state index is 2.39. The van der Waals surface area contributed by atoms with Crippen molar-refractivity contribution in [2.45, 2.75) is 19.9 Å². The molecule has 1 unspecified atom stereocenters. The zero-order valence-electron chi connectivity index (χ0n) is 10.6. The Morgan fingerprint density at radius 1 is 1.06 bits per heavy atom. The molecule has 0 bridgehead atoms. The van der Waals surface area contributed by atoms with Gasteiger partial charge in [0.2, 0.25) is 0 Å². The number of para-hydroxylation sites is 1. The van der Waals surface area contributed by atoms with Crippen molar-refractivity contribution in [3.8, 4) is 0 Å². The standard InChI is InChI=1S/C15H15N.Li/c1-11-8-13-10-12(2)16(15(13)9-11)14-6-4-3-5-7-14;/h3-10,12H,1-2H3;. The van der Waals surface area contributed by atoms with Gasteiger partial charge in [-0.25, -0.2) is 0 Å². The summed E-state index contributed by atoms with van der Waals surface area (Å²) in [7, 11) is 0. The van der Waals surface area contributed by atoms with Crippen molar-refractivity contribution in [3.63, 3.8) is 0 Å². The Kier molecular flexibility index (Phi) is 3.33. The Hall–Kier alpha value is -1.16. The molecule has 1 aliphatic heterocycles. The van der Waals surface area contributed by atoms with Gasteiger partial charge in [-0.1, -0.05) is 30.4 Å². The summed E-state index contributed by atoms with van der Waals surface area (Å²) >= 11 is 0. The molecule has 1 aromatic rings. The fourth-order valence-electron chi connectivity index (χ4n) is 2.52. The van der Waals surface area contributed by atoms with E-state index in [-0.39, 0.29) is 18.9 Å². The van der Waals surface area contributed by atoms with E-state index in [1.165, 1.54) is 22.5 Å². The number of hydrogen-bond donors (Lipinski definition) is 0. The molecule has 1 aliphatic carbocycles. The molecule has 1 atom stereocenters. The van der Waals surface area contributed by atoms with Crippen LogP contribution in [0.5, 0.6) is 0 Å². The second-order valence-corrected chi connectivity index (χ2v) is 4.49. The molecule has 1 radical (unpaired) electrons. The van der Waals surface area contributed by atoms with Gasteiger partial charge >= 0.3 is 0 Å². The van der Waals surface area contributed by atoms with E-state index in [2.05, 4.69) is 67.3 Å². The van der Waals surface area contributed by atoms with Crippen LogP contribution in [-0.4, -0.2) is 24.9 Å². The Morgan fingerprint density at radius 2 is 1.76 bits per heavy atom. The van der Waals surface area contributed by atoms with E-state index < -0.39 is 0 Å². The summed E-state index contributed by atoms with van der Waals surface area (Å²) in [6.07, 6.45) is 6.85. The maximum absolute atomic E-state index is 2.39. The van der Waals surface area contributed by atoms with Crippen molar-refractivity contribution in [2.75, 3.05) is 4.90 Å². The van der Waals surface area contributed by atoms with Crippen LogP contribution >= 0.6 is 0 Å². The zero-order valence-corrected chi connectivity index (χ0v) is 10.6. The van der Waals surface area contributed by atoms with Crippen LogP contribution in [0.25, 0.3) is 0 Å². The topological polar surface area (TPSA) is 3.24 Å². The maximum Gasteiger partial charge on any atom is 0.0503 e. The fourth-order valence-corrected chi connectivity index (χ4v) is 2.52. The molecule has 0 amide bonds. The Labute approximate surface area is 115 Å². The van der Waals surface area contributed by atoms with E-state index >= 15 is 0 Å². The van der Waals surface area contributed by atoms with Crippen LogP contribution in [0.3, 0.4) is 0 Å². The monoisotopic (exact) mass is 216 g/mol. The molecule has 1 nitrogen and oxygen atoms in total. The Morgan fingerprint density at radius 3 is 2.47 bits per heavy atom. The van der Waals surface area contributed by atoms with E-state index in [0.717, 1.165) is 0 Å². The van der Waals surface area contributed by atoms with Crippen LogP contribution < -0.4 is 4.90 Å². The molecule has 0 saturated carbocycles. The van der Waals surface area contributed by atoms with Crippen molar-refractivity contribution < 1.29 is 0 Å². The van der Waals surface area contributed by atoms with E-state index in [9.17, 15) is 0 Å². The van der Waals surface area contributed by atoms with Crippen molar-refractivity contribution in [1.29, 1.82) is 0 Å². The van der Waals surface area contributed by atoms with Crippen LogP contribution in [0, 0.1) is 0 Å². The number of allylic oxidation sites excluding steroid dienone is 3. The molecule has 0 aromatic heterocycles. The smallest absolute Gasteiger partial charge is 0.0503 e. The van der Waals surface area contributed by atoms with Gasteiger partial charge in [0.1, 0.15) is 0 Å². The van der Waals surface area contributed by atoms with E-state index in [1.807, 2.05) is 0 Å². The van der Waals surface area contributed by atoms with Gasteiger partial charge in [-0.15, -0.1) is 0 Å². The largest absolute Gasteiger partial charge is 0.334 e. The molecule has 1 heterocycles. The summed E-state index contributed by atoms with van der Waals surface area (Å²) in [6.45, 7) is 4.39. The summed E-state index contributed by atoms with van der Waals surface area (Å²) < 4.78 is 0. The first kappa shape index (κ1) is 12.3. The molecular weight excluding hydrogens is 201 g/mol. The second kappa shape index (κ2) is 4.61. The van der Waals surface area contributed by atoms with Gasteiger partial charge in [0.25, 0.3) is 0 Å². The van der Waals surface area contributed by atoms with Gasteiger partial charge in [0.05, 0.1) is 6.04 Å². The molecule has 0 saturated heterocycles. The predicted octanol–water partition coefficient (Wildman–Crippen LogP) is 3.28. The third kappa shape index (κ3) is 2.01. The molecule has 2 heteroatoms. The molecule has 0 N–H and O–H groups in total. The first-order valence-electron chi connectivity index (χ1n) is 5.72. The van der Waals surface area contributed by atoms with Gasteiger partial charge in [-0.3, -0.25) is 0 Å². The van der Waals surface area contributed by atoms with E-state index in [0.29, 0.717) is 6.04 Å². The third-order valence-corrected chi connectivity index (χ3v) is 3.17. The summed E-state index contributed by atoms with van der Waals surface area (Å²) in [6, 6.07) is 11.0. The van der Waals surface area contributed by atoms with Crippen molar-refractivity contribution in [1.82, 2.24) is 0 Å². The normalized spacial score (nSPS) is 21.4. The van der Waals surface area contributed by atoms with Crippen molar-refractivity contribution >= 4 is 24.5 Å². The number of fused-ring (bicyclic) bond motifs is 1. The fraction of sp³-hybridized carbons (Fsp3) is 0.200. The van der Waals surface area contributed by atoms with Crippen LogP contribution in [0.4, 0.5) is 5.69 Å². The minimum Gasteiger partial charge on any atom is -0.334 e. The number of anilines is 1. The molecule has 3 rings (SSSR count). The van der Waals surface area contributed by atoms with E-state index in [4.69, 9.17) is 0 Å². The van der Waals surface area contributed by atoms with Crippen LogP contribution in [0.15, 0.2) is 65.4 Å². The van der Waals surface area contributed by atoms with Crippen LogP contribution in [0.2, 0.25) is 0 Å². The van der Waals surface area contributed by atoms with Gasteiger partial charge in [-0.2, -0.15) is 0 Å². The second-order valence-electron chi connectivity index (χ2n) is 4.49. The summed E-state index contributed by atoms with van der Waals surface area (Å²) in [5.41, 5.74) is 5.33. The molecule has 81 valence electrons. The number of hydrogen-bond acceptors (Lipinski definition) is 1. The average Bonchev–Trinajstić information content (AvgIpc) is 2.74. The van der Waals surface area contributed by atoms with Gasteiger partial charge in [0, 0.05) is 30.2 Å². The predicted molar refractivity (Wildman–Crippen MR) is 74.1 cm³/mol. The first-order chi connectivity index (χ1) is 7.75. The minimum absolute atomic E-state index is 0. The van der Waals surface area contributed by atoms with Gasteiger partial charge in [-0.05, 0) is 43.2 Å². The molecular formula is C15H15LiN. The van der Waals surface area contributed by atoms with Crippen molar-refractivity contribution in [3.05, 3.63) is 65.4 Å². The quantitative estimate of drug-likeness (QED) is 0.651. The summed E-state index contributed by atoms with van der Waals surface area (Å²) in [4.78, 5) is 2.39. The summed E-state index contributed by atoms with van der Waals surface area (Å²) in [5, 5.41) is 0. The molecule has 0 fully saturated rings.